The van der Waals surface area contributed by atoms with E-state index in [2.05, 4.69) is 4.90 Å². The summed E-state index contributed by atoms with van der Waals surface area (Å²) in [7, 11) is 0. The molecule has 0 aliphatic carbocycles. The summed E-state index contributed by atoms with van der Waals surface area (Å²) in [5.74, 6) is 0.702. The summed E-state index contributed by atoms with van der Waals surface area (Å²) in [5, 5.41) is 8.60. The molecule has 66 valence electrons. The number of nitrogens with zero attached hydrogens (tertiary/aromatic N) is 1. The van der Waals surface area contributed by atoms with Crippen LogP contribution in [0.25, 0.3) is 0 Å². The maximum atomic E-state index is 8.60. The van der Waals surface area contributed by atoms with Crippen molar-refractivity contribution in [3.8, 4) is 0 Å². The van der Waals surface area contributed by atoms with Gasteiger partial charge in [-0.2, -0.15) is 0 Å². The van der Waals surface area contributed by atoms with Gasteiger partial charge >= 0.3 is 0 Å². The van der Waals surface area contributed by atoms with Gasteiger partial charge in [-0.15, -0.1) is 0 Å². The van der Waals surface area contributed by atoms with Gasteiger partial charge in [0.15, 0.2) is 0 Å². The third kappa shape index (κ3) is 2.77. The molecule has 3 N–H and O–H groups in total. The molecule has 0 bridgehead atoms. The number of likely N-dealkylation sites (tertiary alicyclic amines) is 1. The van der Waals surface area contributed by atoms with Crippen molar-refractivity contribution in [2.45, 2.75) is 12.8 Å². The van der Waals surface area contributed by atoms with Gasteiger partial charge < -0.3 is 15.7 Å². The Morgan fingerprint density at radius 2 is 2.36 bits per heavy atom. The first-order valence-corrected chi connectivity index (χ1v) is 4.40. The summed E-state index contributed by atoms with van der Waals surface area (Å²) in [6, 6.07) is 0. The van der Waals surface area contributed by atoms with Gasteiger partial charge in [-0.05, 0) is 31.8 Å². The lowest BCUT2D eigenvalue weighted by Crippen LogP contribution is -2.24. The molecule has 1 heterocycles. The van der Waals surface area contributed by atoms with Crippen molar-refractivity contribution < 1.29 is 5.11 Å². The SMILES string of the molecule is NCC1CCN(CCCO)C1. The highest BCUT2D eigenvalue weighted by Gasteiger charge is 2.19. The second-order valence-corrected chi connectivity index (χ2v) is 3.27. The molecule has 0 amide bonds. The summed E-state index contributed by atoms with van der Waals surface area (Å²) in [6.07, 6.45) is 2.14. The molecule has 1 rings (SSSR count). The predicted molar refractivity (Wildman–Crippen MR) is 45.3 cm³/mol. The molecule has 0 aromatic rings. The minimum Gasteiger partial charge on any atom is -0.396 e. The summed E-state index contributed by atoms with van der Waals surface area (Å²) in [4.78, 5) is 2.38. The first-order valence-electron chi connectivity index (χ1n) is 4.40. The summed E-state index contributed by atoms with van der Waals surface area (Å²) in [5.41, 5.74) is 5.55. The highest BCUT2D eigenvalue weighted by molar-refractivity contribution is 4.75. The molecule has 0 aromatic carbocycles. The first-order chi connectivity index (χ1) is 5.36. The molecule has 1 saturated heterocycles. The molecule has 11 heavy (non-hydrogen) atoms. The molecule has 1 aliphatic heterocycles. The Balaban J connectivity index is 2.09. The van der Waals surface area contributed by atoms with E-state index in [9.17, 15) is 0 Å². The van der Waals surface area contributed by atoms with E-state index in [1.165, 1.54) is 13.0 Å². The van der Waals surface area contributed by atoms with Gasteiger partial charge in [-0.1, -0.05) is 0 Å². The third-order valence-corrected chi connectivity index (χ3v) is 2.34. The van der Waals surface area contributed by atoms with Crippen molar-refractivity contribution in [1.82, 2.24) is 4.90 Å². The van der Waals surface area contributed by atoms with Gasteiger partial charge in [0.2, 0.25) is 0 Å². The quantitative estimate of drug-likeness (QED) is 0.588. The minimum atomic E-state index is 0.309. The predicted octanol–water partition coefficient (Wildman–Crippen LogP) is -0.351. The van der Waals surface area contributed by atoms with Crippen LogP contribution in [0.1, 0.15) is 12.8 Å². The zero-order valence-electron chi connectivity index (χ0n) is 7.00. The largest absolute Gasteiger partial charge is 0.396 e. The molecule has 3 heteroatoms. The standard InChI is InChI=1S/C8H18N2O/c9-6-8-2-4-10(7-8)3-1-5-11/h8,11H,1-7,9H2. The van der Waals surface area contributed by atoms with Crippen LogP contribution in [0.3, 0.4) is 0 Å². The van der Waals surface area contributed by atoms with Gasteiger partial charge in [0.25, 0.3) is 0 Å². The Hall–Kier alpha value is -0.120. The average molecular weight is 158 g/mol. The molecule has 1 fully saturated rings. The number of hydrogen-bond acceptors (Lipinski definition) is 3. The molecule has 0 radical (unpaired) electrons. The monoisotopic (exact) mass is 158 g/mol. The van der Waals surface area contributed by atoms with E-state index in [4.69, 9.17) is 10.8 Å². The van der Waals surface area contributed by atoms with E-state index in [0.717, 1.165) is 26.1 Å². The van der Waals surface area contributed by atoms with E-state index in [-0.39, 0.29) is 0 Å². The van der Waals surface area contributed by atoms with Crippen molar-refractivity contribution in [2.75, 3.05) is 32.8 Å². The lowest BCUT2D eigenvalue weighted by atomic mass is 10.1. The smallest absolute Gasteiger partial charge is 0.0443 e. The first kappa shape index (κ1) is 8.97. The molecule has 3 nitrogen and oxygen atoms in total. The molecule has 1 aliphatic rings. The van der Waals surface area contributed by atoms with E-state index in [1.807, 2.05) is 0 Å². The van der Waals surface area contributed by atoms with Crippen LogP contribution in [0.5, 0.6) is 0 Å². The molecule has 0 spiro atoms. The van der Waals surface area contributed by atoms with Crippen LogP contribution in [0.15, 0.2) is 0 Å². The molecule has 1 unspecified atom stereocenters. The lowest BCUT2D eigenvalue weighted by Gasteiger charge is -2.13. The Kier molecular flexibility index (Phi) is 3.83. The van der Waals surface area contributed by atoms with E-state index >= 15 is 0 Å². The van der Waals surface area contributed by atoms with E-state index < -0.39 is 0 Å². The van der Waals surface area contributed by atoms with Crippen molar-refractivity contribution >= 4 is 0 Å². The normalized spacial score (nSPS) is 26.2. The van der Waals surface area contributed by atoms with Crippen LogP contribution in [0.4, 0.5) is 0 Å². The van der Waals surface area contributed by atoms with Crippen molar-refractivity contribution in [3.05, 3.63) is 0 Å². The minimum absolute atomic E-state index is 0.309. The van der Waals surface area contributed by atoms with Crippen LogP contribution in [-0.4, -0.2) is 42.8 Å². The Labute approximate surface area is 68.2 Å². The Bertz CT molecular complexity index is 108. The van der Waals surface area contributed by atoms with Crippen LogP contribution < -0.4 is 5.73 Å². The maximum Gasteiger partial charge on any atom is 0.0443 e. The Morgan fingerprint density at radius 3 is 2.91 bits per heavy atom. The fourth-order valence-corrected chi connectivity index (χ4v) is 1.60. The highest BCUT2D eigenvalue weighted by atomic mass is 16.3. The summed E-state index contributed by atoms with van der Waals surface area (Å²) < 4.78 is 0. The van der Waals surface area contributed by atoms with Crippen LogP contribution >= 0.6 is 0 Å². The lowest BCUT2D eigenvalue weighted by molar-refractivity contribution is 0.244. The van der Waals surface area contributed by atoms with Crippen molar-refractivity contribution in [1.29, 1.82) is 0 Å². The van der Waals surface area contributed by atoms with Crippen molar-refractivity contribution in [3.63, 3.8) is 0 Å². The number of hydrogen-bond donors (Lipinski definition) is 2. The highest BCUT2D eigenvalue weighted by Crippen LogP contribution is 2.14. The van der Waals surface area contributed by atoms with E-state index in [0.29, 0.717) is 12.5 Å². The van der Waals surface area contributed by atoms with Gasteiger partial charge in [-0.25, -0.2) is 0 Å². The average Bonchev–Trinajstić information content (AvgIpc) is 2.48. The topological polar surface area (TPSA) is 49.5 Å². The summed E-state index contributed by atoms with van der Waals surface area (Å²) in [6.45, 7) is 4.46. The number of rotatable bonds is 4. The zero-order chi connectivity index (χ0) is 8.10. The third-order valence-electron chi connectivity index (χ3n) is 2.34. The number of aliphatic hydroxyl groups is 1. The second-order valence-electron chi connectivity index (χ2n) is 3.27. The van der Waals surface area contributed by atoms with Gasteiger partial charge in [0.1, 0.15) is 0 Å². The van der Waals surface area contributed by atoms with Crippen LogP contribution in [0, 0.1) is 5.92 Å². The fourth-order valence-electron chi connectivity index (χ4n) is 1.60. The van der Waals surface area contributed by atoms with E-state index in [1.54, 1.807) is 0 Å². The number of aliphatic hydroxyl groups excluding tert-OH is 1. The molecule has 0 aromatic heterocycles. The molecular formula is C8H18N2O. The van der Waals surface area contributed by atoms with Crippen LogP contribution in [-0.2, 0) is 0 Å². The van der Waals surface area contributed by atoms with Gasteiger partial charge in [0, 0.05) is 19.7 Å². The maximum absolute atomic E-state index is 8.60. The molecule has 1 atom stereocenters. The second kappa shape index (κ2) is 4.70. The molecular weight excluding hydrogens is 140 g/mol. The summed E-state index contributed by atoms with van der Waals surface area (Å²) >= 11 is 0. The Morgan fingerprint density at radius 1 is 1.55 bits per heavy atom. The van der Waals surface area contributed by atoms with Crippen molar-refractivity contribution in [2.24, 2.45) is 11.7 Å². The number of nitrogens with two attached hydrogens (primary N) is 1. The zero-order valence-corrected chi connectivity index (χ0v) is 7.00. The molecule has 0 saturated carbocycles. The van der Waals surface area contributed by atoms with Gasteiger partial charge in [-0.3, -0.25) is 0 Å². The fraction of sp³-hybridized carbons (Fsp3) is 1.00. The van der Waals surface area contributed by atoms with Crippen LogP contribution in [0.2, 0.25) is 0 Å². The van der Waals surface area contributed by atoms with Gasteiger partial charge in [0.05, 0.1) is 0 Å².